The molecule has 1 saturated heterocycles. The van der Waals surface area contributed by atoms with Gasteiger partial charge in [-0.05, 0) is 55.6 Å². The fraction of sp³-hybridized carbons (Fsp3) is 0.560. The zero-order valence-corrected chi connectivity index (χ0v) is 21.2. The first-order valence-electron chi connectivity index (χ1n) is 12.3. The first-order valence-corrected chi connectivity index (χ1v) is 13.1. The number of hydrogen-bond donors (Lipinski definition) is 2. The predicted octanol–water partition coefficient (Wildman–Crippen LogP) is 6.72. The molecule has 2 aromatic rings. The average Bonchev–Trinajstić information content (AvgIpc) is 3.13. The van der Waals surface area contributed by atoms with Crippen LogP contribution in [0.15, 0.2) is 30.3 Å². The standard InChI is InChI=1S/C25H31ClF3N5S/c26-19-10-8-18(9-11-19)24(12-4-3-5-13-24)17-30-23(35)33-22-31-20(25(27,28)29)16-21(32-22)34-14-6-1-2-7-15-34/h8-11,16H,1-7,12-15,17H2,(H2,30,31,32,33,35). The van der Waals surface area contributed by atoms with Crippen LogP contribution >= 0.6 is 23.8 Å². The number of thiocarbonyl (C=S) groups is 1. The number of rotatable bonds is 5. The molecule has 1 aromatic carbocycles. The fourth-order valence-corrected chi connectivity index (χ4v) is 5.38. The molecule has 1 aromatic heterocycles. The quantitative estimate of drug-likeness (QED) is 0.423. The number of halogens is 4. The van der Waals surface area contributed by atoms with Gasteiger partial charge in [0, 0.05) is 36.1 Å². The Morgan fingerprint density at radius 2 is 1.60 bits per heavy atom. The third-order valence-electron chi connectivity index (χ3n) is 7.01. The highest BCUT2D eigenvalue weighted by molar-refractivity contribution is 7.80. The van der Waals surface area contributed by atoms with Gasteiger partial charge in [0.05, 0.1) is 0 Å². The van der Waals surface area contributed by atoms with Crippen molar-refractivity contribution in [2.75, 3.05) is 29.9 Å². The molecule has 10 heteroatoms. The molecule has 0 radical (unpaired) electrons. The van der Waals surface area contributed by atoms with Crippen LogP contribution < -0.4 is 15.5 Å². The van der Waals surface area contributed by atoms with Gasteiger partial charge >= 0.3 is 6.18 Å². The number of nitrogens with one attached hydrogen (secondary N) is 2. The SMILES string of the molecule is FC(F)(F)c1cc(N2CCCCCC2)nc(NC(=S)NCC2(c3ccc(Cl)cc3)CCCCC2)n1. The van der Waals surface area contributed by atoms with E-state index in [1.807, 2.05) is 17.0 Å². The third-order valence-corrected chi connectivity index (χ3v) is 7.51. The Labute approximate surface area is 214 Å². The summed E-state index contributed by atoms with van der Waals surface area (Å²) in [5.41, 5.74) is 0.109. The van der Waals surface area contributed by atoms with Crippen LogP contribution in [0.5, 0.6) is 0 Å². The van der Waals surface area contributed by atoms with Crippen LogP contribution in [-0.2, 0) is 11.6 Å². The van der Waals surface area contributed by atoms with Gasteiger partial charge in [-0.3, -0.25) is 0 Å². The molecular formula is C25H31ClF3N5S. The summed E-state index contributed by atoms with van der Waals surface area (Å²) >= 11 is 11.6. The van der Waals surface area contributed by atoms with Crippen LogP contribution in [0.25, 0.3) is 0 Å². The van der Waals surface area contributed by atoms with Gasteiger partial charge in [-0.1, -0.05) is 55.8 Å². The number of alkyl halides is 3. The first-order chi connectivity index (χ1) is 16.7. The molecule has 4 rings (SSSR count). The molecule has 0 bridgehead atoms. The van der Waals surface area contributed by atoms with Crippen molar-refractivity contribution in [1.29, 1.82) is 0 Å². The Kier molecular flexibility index (Phi) is 8.37. The second-order valence-electron chi connectivity index (χ2n) is 9.49. The Bertz CT molecular complexity index is 1000. The van der Waals surface area contributed by atoms with Crippen molar-refractivity contribution in [3.8, 4) is 0 Å². The minimum Gasteiger partial charge on any atom is -0.361 e. The summed E-state index contributed by atoms with van der Waals surface area (Å²) in [5.74, 6) is 0.144. The molecular weight excluding hydrogens is 495 g/mol. The van der Waals surface area contributed by atoms with Crippen LogP contribution in [0.1, 0.15) is 69.0 Å². The van der Waals surface area contributed by atoms with Crippen molar-refractivity contribution in [2.45, 2.75) is 69.4 Å². The van der Waals surface area contributed by atoms with Crippen LogP contribution in [0.3, 0.4) is 0 Å². The van der Waals surface area contributed by atoms with Gasteiger partial charge in [-0.25, -0.2) is 4.98 Å². The van der Waals surface area contributed by atoms with Gasteiger partial charge in [0.1, 0.15) is 5.82 Å². The lowest BCUT2D eigenvalue weighted by Crippen LogP contribution is -2.43. The first kappa shape index (κ1) is 25.9. The Hall–Kier alpha value is -2.13. The van der Waals surface area contributed by atoms with E-state index < -0.39 is 11.9 Å². The summed E-state index contributed by atoms with van der Waals surface area (Å²) in [6.45, 7) is 1.93. The summed E-state index contributed by atoms with van der Waals surface area (Å²) in [6.07, 6.45) is 4.85. The molecule has 0 unspecified atom stereocenters. The highest BCUT2D eigenvalue weighted by Gasteiger charge is 2.35. The molecule has 1 aliphatic heterocycles. The minimum atomic E-state index is -4.57. The molecule has 5 nitrogen and oxygen atoms in total. The maximum Gasteiger partial charge on any atom is 0.433 e. The van der Waals surface area contributed by atoms with E-state index in [-0.39, 0.29) is 22.3 Å². The van der Waals surface area contributed by atoms with E-state index in [4.69, 9.17) is 23.8 Å². The zero-order chi connectivity index (χ0) is 24.9. The number of hydrogen-bond acceptors (Lipinski definition) is 4. The van der Waals surface area contributed by atoms with E-state index in [9.17, 15) is 13.2 Å². The summed E-state index contributed by atoms with van der Waals surface area (Å²) in [4.78, 5) is 10.0. The molecule has 35 heavy (non-hydrogen) atoms. The van der Waals surface area contributed by atoms with Gasteiger partial charge in [-0.15, -0.1) is 0 Å². The Morgan fingerprint density at radius 3 is 2.23 bits per heavy atom. The number of aromatic nitrogens is 2. The van der Waals surface area contributed by atoms with Crippen molar-refractivity contribution < 1.29 is 13.2 Å². The van der Waals surface area contributed by atoms with Gasteiger partial charge < -0.3 is 15.5 Å². The van der Waals surface area contributed by atoms with Crippen molar-refractivity contribution in [1.82, 2.24) is 15.3 Å². The van der Waals surface area contributed by atoms with E-state index in [2.05, 4.69) is 32.7 Å². The normalized spacial score (nSPS) is 18.6. The van der Waals surface area contributed by atoms with Crippen molar-refractivity contribution in [2.24, 2.45) is 0 Å². The van der Waals surface area contributed by atoms with Crippen molar-refractivity contribution in [3.63, 3.8) is 0 Å². The topological polar surface area (TPSA) is 53.1 Å². The lowest BCUT2D eigenvalue weighted by atomic mass is 9.69. The van der Waals surface area contributed by atoms with E-state index in [1.54, 1.807) is 0 Å². The van der Waals surface area contributed by atoms with Gasteiger partial charge in [-0.2, -0.15) is 18.2 Å². The number of nitrogens with zero attached hydrogens (tertiary/aromatic N) is 3. The van der Waals surface area contributed by atoms with E-state index in [0.29, 0.717) is 24.7 Å². The van der Waals surface area contributed by atoms with Crippen LogP contribution in [0, 0.1) is 0 Å². The van der Waals surface area contributed by atoms with Gasteiger partial charge in [0.25, 0.3) is 0 Å². The summed E-state index contributed by atoms with van der Waals surface area (Å²) in [5, 5.41) is 6.95. The van der Waals surface area contributed by atoms with Crippen molar-refractivity contribution in [3.05, 3.63) is 46.6 Å². The highest BCUT2D eigenvalue weighted by Crippen LogP contribution is 2.39. The van der Waals surface area contributed by atoms with Crippen LogP contribution in [0.2, 0.25) is 5.02 Å². The Morgan fingerprint density at radius 1 is 0.971 bits per heavy atom. The van der Waals surface area contributed by atoms with Crippen molar-refractivity contribution >= 4 is 40.7 Å². The van der Waals surface area contributed by atoms with E-state index in [0.717, 1.165) is 57.4 Å². The average molecular weight is 526 g/mol. The van der Waals surface area contributed by atoms with Crippen LogP contribution in [-0.4, -0.2) is 34.7 Å². The summed E-state index contributed by atoms with van der Waals surface area (Å²) in [6, 6.07) is 8.92. The molecule has 0 spiro atoms. The molecule has 0 amide bonds. The third kappa shape index (κ3) is 6.76. The van der Waals surface area contributed by atoms with E-state index >= 15 is 0 Å². The molecule has 2 heterocycles. The van der Waals surface area contributed by atoms with Crippen LogP contribution in [0.4, 0.5) is 24.9 Å². The second kappa shape index (κ2) is 11.3. The lowest BCUT2D eigenvalue weighted by molar-refractivity contribution is -0.141. The molecule has 2 aliphatic rings. The molecule has 0 atom stereocenters. The fourth-order valence-electron chi connectivity index (χ4n) is 5.09. The van der Waals surface area contributed by atoms with Gasteiger partial charge in [0.15, 0.2) is 10.8 Å². The Balaban J connectivity index is 1.50. The maximum absolute atomic E-state index is 13.6. The highest BCUT2D eigenvalue weighted by atomic mass is 35.5. The predicted molar refractivity (Wildman–Crippen MR) is 138 cm³/mol. The molecule has 1 aliphatic carbocycles. The van der Waals surface area contributed by atoms with E-state index in [1.165, 1.54) is 12.0 Å². The summed E-state index contributed by atoms with van der Waals surface area (Å²) in [7, 11) is 0. The largest absolute Gasteiger partial charge is 0.433 e. The van der Waals surface area contributed by atoms with Gasteiger partial charge in [0.2, 0.25) is 5.95 Å². The molecule has 190 valence electrons. The lowest BCUT2D eigenvalue weighted by Gasteiger charge is -2.38. The molecule has 1 saturated carbocycles. The summed E-state index contributed by atoms with van der Waals surface area (Å²) < 4.78 is 40.8. The monoisotopic (exact) mass is 525 g/mol. The second-order valence-corrected chi connectivity index (χ2v) is 10.3. The minimum absolute atomic E-state index is 0.111. The number of benzene rings is 1. The maximum atomic E-state index is 13.6. The smallest absolute Gasteiger partial charge is 0.361 e. The number of anilines is 2. The zero-order valence-electron chi connectivity index (χ0n) is 19.6. The molecule has 2 N–H and O–H groups in total. The molecule has 2 fully saturated rings.